The van der Waals surface area contributed by atoms with E-state index in [0.29, 0.717) is 12.3 Å². The molecule has 3 rings (SSSR count). The van der Waals surface area contributed by atoms with E-state index >= 15 is 0 Å². The normalized spacial score (nSPS) is 17.4. The van der Waals surface area contributed by atoms with Gasteiger partial charge in [0.1, 0.15) is 17.3 Å². The number of fused-ring (bicyclic) bond motifs is 1. The molecule has 0 radical (unpaired) electrons. The lowest BCUT2D eigenvalue weighted by atomic mass is 10.1. The number of halogens is 1. The first-order valence-electron chi connectivity index (χ1n) is 7.74. The Balaban J connectivity index is 1.99. The van der Waals surface area contributed by atoms with Crippen LogP contribution in [-0.4, -0.2) is 33.8 Å². The summed E-state index contributed by atoms with van der Waals surface area (Å²) in [6.45, 7) is 3.13. The van der Waals surface area contributed by atoms with Crippen molar-refractivity contribution in [1.82, 2.24) is 9.78 Å². The fourth-order valence-corrected chi connectivity index (χ4v) is 3.48. The summed E-state index contributed by atoms with van der Waals surface area (Å²) >= 11 is 2.22. The van der Waals surface area contributed by atoms with Gasteiger partial charge in [-0.1, -0.05) is 22.6 Å². The molecule has 0 N–H and O–H groups in total. The van der Waals surface area contributed by atoms with Gasteiger partial charge in [0.25, 0.3) is 0 Å². The van der Waals surface area contributed by atoms with Gasteiger partial charge in [-0.05, 0) is 25.5 Å². The molecule has 0 spiro atoms. The zero-order valence-corrected chi connectivity index (χ0v) is 16.1. The number of rotatable bonds is 4. The highest BCUT2D eigenvalue weighted by atomic mass is 127. The highest BCUT2D eigenvalue weighted by Gasteiger charge is 2.30. The molecule has 1 aromatic carbocycles. The number of anilines is 1. The van der Waals surface area contributed by atoms with Crippen LogP contribution in [0.5, 0.6) is 11.5 Å². The molecule has 0 aliphatic carbocycles. The van der Waals surface area contributed by atoms with E-state index < -0.39 is 0 Å². The van der Waals surface area contributed by atoms with Gasteiger partial charge in [-0.3, -0.25) is 9.69 Å². The van der Waals surface area contributed by atoms with Crippen molar-refractivity contribution in [3.8, 4) is 11.5 Å². The Labute approximate surface area is 154 Å². The molecule has 0 saturated heterocycles. The second-order valence-corrected chi connectivity index (χ2v) is 7.23. The van der Waals surface area contributed by atoms with Crippen molar-refractivity contribution in [3.05, 3.63) is 35.5 Å². The third kappa shape index (κ3) is 3.22. The maximum Gasteiger partial charge on any atom is 0.241 e. The van der Waals surface area contributed by atoms with E-state index in [9.17, 15) is 4.79 Å². The van der Waals surface area contributed by atoms with Gasteiger partial charge in [0.15, 0.2) is 0 Å². The topological polar surface area (TPSA) is 56.6 Å². The Morgan fingerprint density at radius 2 is 2.08 bits per heavy atom. The number of hydrogen-bond acceptors (Lipinski definition) is 4. The SMILES string of the molecule is COc1ccc(CN2C(=O)C(I)CCn3nc(C)cc32)c(OC)c1. The van der Waals surface area contributed by atoms with Crippen molar-refractivity contribution in [2.75, 3.05) is 19.1 Å². The largest absolute Gasteiger partial charge is 0.497 e. The number of amides is 1. The molecule has 1 aromatic heterocycles. The molecule has 1 amide bonds. The molecule has 6 nitrogen and oxygen atoms in total. The highest BCUT2D eigenvalue weighted by molar-refractivity contribution is 14.1. The lowest BCUT2D eigenvalue weighted by molar-refractivity contribution is -0.117. The van der Waals surface area contributed by atoms with Crippen LogP contribution in [-0.2, 0) is 17.9 Å². The molecular weight excluding hydrogens is 421 g/mol. The molecule has 2 heterocycles. The second kappa shape index (κ2) is 7.00. The van der Waals surface area contributed by atoms with Crippen molar-refractivity contribution in [2.45, 2.75) is 30.4 Å². The van der Waals surface area contributed by atoms with E-state index in [0.717, 1.165) is 35.8 Å². The van der Waals surface area contributed by atoms with Crippen LogP contribution in [0, 0.1) is 6.92 Å². The number of alkyl halides is 1. The molecule has 7 heteroatoms. The Hall–Kier alpha value is -1.77. The Morgan fingerprint density at radius 1 is 1.29 bits per heavy atom. The van der Waals surface area contributed by atoms with Gasteiger partial charge >= 0.3 is 0 Å². The quantitative estimate of drug-likeness (QED) is 0.541. The van der Waals surface area contributed by atoms with Crippen LogP contribution in [0.25, 0.3) is 0 Å². The average Bonchev–Trinajstić information content (AvgIpc) is 2.92. The fraction of sp³-hybridized carbons (Fsp3) is 0.412. The van der Waals surface area contributed by atoms with Crippen LogP contribution in [0.1, 0.15) is 17.7 Å². The van der Waals surface area contributed by atoms with E-state index in [1.54, 1.807) is 19.1 Å². The average molecular weight is 441 g/mol. The molecule has 1 aliphatic heterocycles. The smallest absolute Gasteiger partial charge is 0.241 e. The first kappa shape index (κ1) is 17.1. The molecule has 0 bridgehead atoms. The zero-order chi connectivity index (χ0) is 17.3. The monoisotopic (exact) mass is 441 g/mol. The Bertz CT molecular complexity index is 760. The van der Waals surface area contributed by atoms with Crippen LogP contribution in [0.15, 0.2) is 24.3 Å². The Kier molecular flexibility index (Phi) is 4.98. The lowest BCUT2D eigenvalue weighted by Crippen LogP contribution is -2.35. The number of methoxy groups -OCH3 is 2. The van der Waals surface area contributed by atoms with E-state index in [4.69, 9.17) is 9.47 Å². The molecule has 2 aromatic rings. The molecule has 0 saturated carbocycles. The number of ether oxygens (including phenoxy) is 2. The molecular formula is C17H20IN3O3. The van der Waals surface area contributed by atoms with Crippen LogP contribution in [0.3, 0.4) is 0 Å². The lowest BCUT2D eigenvalue weighted by Gasteiger charge is -2.23. The summed E-state index contributed by atoms with van der Waals surface area (Å²) in [5, 5.41) is 4.51. The van der Waals surface area contributed by atoms with E-state index in [-0.39, 0.29) is 9.83 Å². The number of nitrogens with zero attached hydrogens (tertiary/aromatic N) is 3. The van der Waals surface area contributed by atoms with Crippen LogP contribution in [0.4, 0.5) is 5.82 Å². The summed E-state index contributed by atoms with van der Waals surface area (Å²) in [5.74, 6) is 2.38. The summed E-state index contributed by atoms with van der Waals surface area (Å²) in [6.07, 6.45) is 0.782. The second-order valence-electron chi connectivity index (χ2n) is 5.73. The summed E-state index contributed by atoms with van der Waals surface area (Å²) < 4.78 is 12.6. The van der Waals surface area contributed by atoms with Gasteiger partial charge < -0.3 is 9.47 Å². The minimum atomic E-state index is -0.0613. The minimum Gasteiger partial charge on any atom is -0.497 e. The number of carbonyl (C=O) groups excluding carboxylic acids is 1. The van der Waals surface area contributed by atoms with Gasteiger partial charge in [-0.15, -0.1) is 0 Å². The summed E-state index contributed by atoms with van der Waals surface area (Å²) in [5.41, 5.74) is 1.85. The molecule has 1 aliphatic rings. The number of aromatic nitrogens is 2. The van der Waals surface area contributed by atoms with Crippen molar-refractivity contribution < 1.29 is 14.3 Å². The van der Waals surface area contributed by atoms with Crippen LogP contribution < -0.4 is 14.4 Å². The number of aryl methyl sites for hydroxylation is 2. The van der Waals surface area contributed by atoms with Gasteiger partial charge in [0.05, 0.1) is 30.4 Å². The van der Waals surface area contributed by atoms with Crippen molar-refractivity contribution in [2.24, 2.45) is 0 Å². The van der Waals surface area contributed by atoms with Gasteiger partial charge in [0.2, 0.25) is 5.91 Å². The molecule has 1 atom stereocenters. The third-order valence-electron chi connectivity index (χ3n) is 4.11. The summed E-state index contributed by atoms with van der Waals surface area (Å²) in [7, 11) is 3.24. The zero-order valence-electron chi connectivity index (χ0n) is 14.0. The van der Waals surface area contributed by atoms with E-state index in [1.165, 1.54) is 0 Å². The molecule has 0 fully saturated rings. The van der Waals surface area contributed by atoms with Gasteiger partial charge in [-0.2, -0.15) is 5.10 Å². The van der Waals surface area contributed by atoms with Crippen LogP contribution >= 0.6 is 22.6 Å². The standard InChI is InChI=1S/C17H20IN3O3/c1-11-8-16-20(17(22)14(18)6-7-21(16)19-11)10-12-4-5-13(23-2)9-15(12)24-3/h4-5,8-9,14H,6-7,10H2,1-3H3. The predicted octanol–water partition coefficient (Wildman–Crippen LogP) is 2.95. The Morgan fingerprint density at radius 3 is 2.79 bits per heavy atom. The number of hydrogen-bond donors (Lipinski definition) is 0. The summed E-state index contributed by atoms with van der Waals surface area (Å²) in [4.78, 5) is 14.7. The third-order valence-corrected chi connectivity index (χ3v) is 5.26. The maximum atomic E-state index is 12.9. The number of carbonyl (C=O) groups is 1. The van der Waals surface area contributed by atoms with Crippen molar-refractivity contribution in [3.63, 3.8) is 0 Å². The fourth-order valence-electron chi connectivity index (χ4n) is 2.87. The van der Waals surface area contributed by atoms with E-state index in [1.807, 2.05) is 35.9 Å². The summed E-state index contributed by atoms with van der Waals surface area (Å²) in [6, 6.07) is 7.61. The van der Waals surface area contributed by atoms with Crippen LogP contribution in [0.2, 0.25) is 0 Å². The van der Waals surface area contributed by atoms with Crippen molar-refractivity contribution in [1.29, 1.82) is 0 Å². The number of benzene rings is 1. The highest BCUT2D eigenvalue weighted by Crippen LogP contribution is 2.31. The van der Waals surface area contributed by atoms with E-state index in [2.05, 4.69) is 27.7 Å². The first-order chi connectivity index (χ1) is 11.5. The first-order valence-corrected chi connectivity index (χ1v) is 8.99. The van der Waals surface area contributed by atoms with Crippen molar-refractivity contribution >= 4 is 34.3 Å². The maximum absolute atomic E-state index is 12.9. The molecule has 24 heavy (non-hydrogen) atoms. The molecule has 1 unspecified atom stereocenters. The van der Waals surface area contributed by atoms with Gasteiger partial charge in [0, 0.05) is 24.2 Å². The molecule has 128 valence electrons. The predicted molar refractivity (Wildman–Crippen MR) is 100 cm³/mol. The minimum absolute atomic E-state index is 0.0613. The van der Waals surface area contributed by atoms with Gasteiger partial charge in [-0.25, -0.2) is 4.68 Å².